The highest BCUT2D eigenvalue weighted by atomic mass is 16.2. The molecular weight excluding hydrogens is 210 g/mol. The summed E-state index contributed by atoms with van der Waals surface area (Å²) in [5.74, 6) is 0.107. The molecule has 0 saturated heterocycles. The van der Waals surface area contributed by atoms with E-state index in [2.05, 4.69) is 19.1 Å². The van der Waals surface area contributed by atoms with E-state index in [1.807, 2.05) is 39.1 Å². The van der Waals surface area contributed by atoms with Gasteiger partial charge in [0.2, 0.25) is 5.91 Å². The molecule has 1 rings (SSSR count). The molecule has 1 amide bonds. The fraction of sp³-hybridized carbons (Fsp3) is 0.400. The average Bonchev–Trinajstić information content (AvgIpc) is 2.31. The molecule has 0 aliphatic heterocycles. The number of carbonyl (C=O) groups excluding carboxylic acids is 1. The number of hydrogen-bond acceptors (Lipinski definition) is 1. The van der Waals surface area contributed by atoms with E-state index in [1.165, 1.54) is 11.1 Å². The van der Waals surface area contributed by atoms with Gasteiger partial charge < -0.3 is 4.90 Å². The second kappa shape index (κ2) is 6.24. The Morgan fingerprint density at radius 1 is 1.35 bits per heavy atom. The molecule has 17 heavy (non-hydrogen) atoms. The summed E-state index contributed by atoms with van der Waals surface area (Å²) in [6.07, 6.45) is 2.87. The van der Waals surface area contributed by atoms with Crippen LogP contribution in [0.5, 0.6) is 0 Å². The zero-order chi connectivity index (χ0) is 12.8. The maximum Gasteiger partial charge on any atom is 0.249 e. The molecule has 0 heterocycles. The first kappa shape index (κ1) is 13.5. The fourth-order valence-corrected chi connectivity index (χ4v) is 1.81. The summed E-state index contributed by atoms with van der Waals surface area (Å²) < 4.78 is 0. The van der Waals surface area contributed by atoms with E-state index in [9.17, 15) is 4.79 Å². The lowest BCUT2D eigenvalue weighted by atomic mass is 10.1. The third kappa shape index (κ3) is 3.74. The molecule has 2 nitrogen and oxygen atoms in total. The number of rotatable bonds is 4. The standard InChI is InChI=1S/C15H21NO/c1-5-8-13(3)15(17)16(4)11-14-10-7-6-9-12(14)2/h6-10H,5,11H2,1-4H3/b13-8-. The van der Waals surface area contributed by atoms with Crippen LogP contribution in [0, 0.1) is 6.92 Å². The van der Waals surface area contributed by atoms with E-state index in [0.29, 0.717) is 6.54 Å². The van der Waals surface area contributed by atoms with Gasteiger partial charge in [0.05, 0.1) is 0 Å². The number of amides is 1. The molecule has 2 heteroatoms. The minimum Gasteiger partial charge on any atom is -0.338 e. The smallest absolute Gasteiger partial charge is 0.249 e. The zero-order valence-corrected chi connectivity index (χ0v) is 11.2. The van der Waals surface area contributed by atoms with Crippen molar-refractivity contribution in [1.82, 2.24) is 4.90 Å². The van der Waals surface area contributed by atoms with Crippen molar-refractivity contribution in [2.75, 3.05) is 7.05 Å². The summed E-state index contributed by atoms with van der Waals surface area (Å²) in [4.78, 5) is 13.8. The molecule has 0 atom stereocenters. The lowest BCUT2D eigenvalue weighted by molar-refractivity contribution is -0.126. The largest absolute Gasteiger partial charge is 0.338 e. The Morgan fingerprint density at radius 3 is 2.59 bits per heavy atom. The summed E-state index contributed by atoms with van der Waals surface area (Å²) >= 11 is 0. The van der Waals surface area contributed by atoms with Crippen molar-refractivity contribution < 1.29 is 4.79 Å². The molecule has 0 N–H and O–H groups in total. The van der Waals surface area contributed by atoms with E-state index < -0.39 is 0 Å². The highest BCUT2D eigenvalue weighted by Crippen LogP contribution is 2.11. The lowest BCUT2D eigenvalue weighted by Crippen LogP contribution is -2.27. The number of hydrogen-bond donors (Lipinski definition) is 0. The van der Waals surface area contributed by atoms with Crippen LogP contribution in [-0.4, -0.2) is 17.9 Å². The molecule has 0 spiro atoms. The number of benzene rings is 1. The highest BCUT2D eigenvalue weighted by molar-refractivity contribution is 5.92. The first-order chi connectivity index (χ1) is 8.06. The van der Waals surface area contributed by atoms with Gasteiger partial charge in [-0.25, -0.2) is 0 Å². The van der Waals surface area contributed by atoms with Crippen molar-refractivity contribution in [3.8, 4) is 0 Å². The van der Waals surface area contributed by atoms with Gasteiger partial charge in [0.1, 0.15) is 0 Å². The van der Waals surface area contributed by atoms with Gasteiger partial charge in [-0.05, 0) is 31.4 Å². The summed E-state index contributed by atoms with van der Waals surface area (Å²) in [6, 6.07) is 8.17. The van der Waals surface area contributed by atoms with Crippen molar-refractivity contribution in [3.63, 3.8) is 0 Å². The fourth-order valence-electron chi connectivity index (χ4n) is 1.81. The zero-order valence-electron chi connectivity index (χ0n) is 11.2. The minimum atomic E-state index is 0.107. The van der Waals surface area contributed by atoms with Gasteiger partial charge in [-0.15, -0.1) is 0 Å². The normalized spacial score (nSPS) is 11.4. The van der Waals surface area contributed by atoms with Crippen LogP contribution >= 0.6 is 0 Å². The maximum atomic E-state index is 12.0. The summed E-state index contributed by atoms with van der Waals surface area (Å²) in [5.41, 5.74) is 3.25. The monoisotopic (exact) mass is 231 g/mol. The van der Waals surface area contributed by atoms with Gasteiger partial charge in [-0.3, -0.25) is 4.79 Å². The predicted molar refractivity (Wildman–Crippen MR) is 71.7 cm³/mol. The van der Waals surface area contributed by atoms with Crippen LogP contribution in [0.4, 0.5) is 0 Å². The first-order valence-corrected chi connectivity index (χ1v) is 6.03. The Morgan fingerprint density at radius 2 is 2.00 bits per heavy atom. The molecule has 0 radical (unpaired) electrons. The van der Waals surface area contributed by atoms with Crippen molar-refractivity contribution in [3.05, 3.63) is 47.0 Å². The molecular formula is C15H21NO. The molecule has 0 aliphatic carbocycles. The van der Waals surface area contributed by atoms with Crippen molar-refractivity contribution >= 4 is 5.91 Å². The lowest BCUT2D eigenvalue weighted by Gasteiger charge is -2.18. The third-order valence-electron chi connectivity index (χ3n) is 2.86. The third-order valence-corrected chi connectivity index (χ3v) is 2.86. The average molecular weight is 231 g/mol. The van der Waals surface area contributed by atoms with Gasteiger partial charge >= 0.3 is 0 Å². The number of likely N-dealkylation sites (N-methyl/N-ethyl adjacent to an activating group) is 1. The van der Waals surface area contributed by atoms with Gasteiger partial charge in [-0.2, -0.15) is 0 Å². The summed E-state index contributed by atoms with van der Waals surface area (Å²) in [5, 5.41) is 0. The second-order valence-corrected chi connectivity index (χ2v) is 4.38. The van der Waals surface area contributed by atoms with Gasteiger partial charge in [-0.1, -0.05) is 37.3 Å². The topological polar surface area (TPSA) is 20.3 Å². The second-order valence-electron chi connectivity index (χ2n) is 4.38. The van der Waals surface area contributed by atoms with Crippen LogP contribution in [0.2, 0.25) is 0 Å². The van der Waals surface area contributed by atoms with Crippen molar-refractivity contribution in [1.29, 1.82) is 0 Å². The summed E-state index contributed by atoms with van der Waals surface area (Å²) in [6.45, 7) is 6.65. The van der Waals surface area contributed by atoms with Gasteiger partial charge in [0.15, 0.2) is 0 Å². The van der Waals surface area contributed by atoms with Crippen LogP contribution in [0.3, 0.4) is 0 Å². The van der Waals surface area contributed by atoms with Crippen LogP contribution in [0.25, 0.3) is 0 Å². The van der Waals surface area contributed by atoms with Crippen LogP contribution in [0.15, 0.2) is 35.9 Å². The molecule has 92 valence electrons. The molecule has 0 aliphatic rings. The Labute approximate surface area is 104 Å². The molecule has 0 unspecified atom stereocenters. The number of carbonyl (C=O) groups is 1. The van der Waals surface area contributed by atoms with Crippen molar-refractivity contribution in [2.24, 2.45) is 0 Å². The molecule has 0 fully saturated rings. The minimum absolute atomic E-state index is 0.107. The Bertz CT molecular complexity index is 421. The van der Waals surface area contributed by atoms with Gasteiger partial charge in [0.25, 0.3) is 0 Å². The van der Waals surface area contributed by atoms with E-state index in [1.54, 1.807) is 4.90 Å². The molecule has 1 aromatic rings. The summed E-state index contributed by atoms with van der Waals surface area (Å²) in [7, 11) is 1.85. The Kier molecular flexibility index (Phi) is 4.95. The number of nitrogens with zero attached hydrogens (tertiary/aromatic N) is 1. The number of aryl methyl sites for hydroxylation is 1. The molecule has 1 aromatic carbocycles. The van der Waals surface area contributed by atoms with E-state index in [0.717, 1.165) is 12.0 Å². The maximum absolute atomic E-state index is 12.0. The first-order valence-electron chi connectivity index (χ1n) is 6.03. The Balaban J connectivity index is 2.73. The van der Waals surface area contributed by atoms with Crippen LogP contribution in [0.1, 0.15) is 31.4 Å². The quantitative estimate of drug-likeness (QED) is 0.728. The van der Waals surface area contributed by atoms with E-state index in [4.69, 9.17) is 0 Å². The molecule has 0 saturated carbocycles. The highest BCUT2D eigenvalue weighted by Gasteiger charge is 2.11. The van der Waals surface area contributed by atoms with Crippen LogP contribution < -0.4 is 0 Å². The number of allylic oxidation sites excluding steroid dienone is 1. The Hall–Kier alpha value is -1.57. The molecule has 0 aromatic heterocycles. The van der Waals surface area contributed by atoms with Crippen LogP contribution in [-0.2, 0) is 11.3 Å². The molecule has 0 bridgehead atoms. The van der Waals surface area contributed by atoms with Crippen molar-refractivity contribution in [2.45, 2.75) is 33.7 Å². The predicted octanol–water partition coefficient (Wildman–Crippen LogP) is 3.31. The SMILES string of the molecule is CC/C=C(/C)C(=O)N(C)Cc1ccccc1C. The van der Waals surface area contributed by atoms with E-state index >= 15 is 0 Å². The van der Waals surface area contributed by atoms with Gasteiger partial charge in [0, 0.05) is 19.2 Å². The van der Waals surface area contributed by atoms with E-state index in [-0.39, 0.29) is 5.91 Å².